The third kappa shape index (κ3) is 4.60. The lowest BCUT2D eigenvalue weighted by Crippen LogP contribution is -2.52. The first-order chi connectivity index (χ1) is 12.3. The van der Waals surface area contributed by atoms with Crippen LogP contribution in [-0.2, 0) is 20.7 Å². The topological polar surface area (TPSA) is 140 Å². The van der Waals surface area contributed by atoms with E-state index in [0.717, 1.165) is 16.5 Å². The molecule has 140 valence electrons. The number of hydrogen-bond acceptors (Lipinski definition) is 5. The molecule has 1 heterocycles. The highest BCUT2D eigenvalue weighted by Crippen LogP contribution is 2.19. The van der Waals surface area contributed by atoms with E-state index < -0.39 is 30.1 Å². The molecule has 0 saturated carbocycles. The number of carbonyl (C=O) groups is 3. The lowest BCUT2D eigenvalue weighted by Gasteiger charge is -2.22. The first kappa shape index (κ1) is 19.5. The van der Waals surface area contributed by atoms with E-state index >= 15 is 0 Å². The third-order valence-electron chi connectivity index (χ3n) is 4.46. The fourth-order valence-corrected chi connectivity index (χ4v) is 2.66. The summed E-state index contributed by atoms with van der Waals surface area (Å²) in [6.45, 7) is 3.77. The van der Waals surface area contributed by atoms with Gasteiger partial charge in [0.25, 0.3) is 0 Å². The van der Waals surface area contributed by atoms with Gasteiger partial charge in [-0.05, 0) is 17.5 Å². The minimum atomic E-state index is -1.22. The normalized spacial score (nSPS) is 14.4. The number of primary amides is 1. The zero-order valence-electron chi connectivity index (χ0n) is 14.8. The Morgan fingerprint density at radius 3 is 2.62 bits per heavy atom. The van der Waals surface area contributed by atoms with Gasteiger partial charge in [0.1, 0.15) is 6.04 Å². The Balaban J connectivity index is 2.22. The van der Waals surface area contributed by atoms with Crippen LogP contribution in [0.4, 0.5) is 4.79 Å². The van der Waals surface area contributed by atoms with Crippen molar-refractivity contribution in [3.05, 3.63) is 36.0 Å². The highest BCUT2D eigenvalue weighted by atomic mass is 16.6. The fraction of sp³-hybridized carbons (Fsp3) is 0.389. The van der Waals surface area contributed by atoms with Gasteiger partial charge in [0.15, 0.2) is 0 Å². The molecule has 1 aromatic carbocycles. The smallest absolute Gasteiger partial charge is 0.375 e. The highest BCUT2D eigenvalue weighted by Gasteiger charge is 2.29. The zero-order chi connectivity index (χ0) is 19.3. The summed E-state index contributed by atoms with van der Waals surface area (Å²) in [5.41, 5.74) is 12.5. The van der Waals surface area contributed by atoms with Crippen molar-refractivity contribution in [3.8, 4) is 0 Å². The lowest BCUT2D eigenvalue weighted by atomic mass is 9.98. The third-order valence-corrected chi connectivity index (χ3v) is 4.46. The van der Waals surface area contributed by atoms with Crippen molar-refractivity contribution >= 4 is 28.9 Å². The van der Waals surface area contributed by atoms with E-state index in [1.54, 1.807) is 6.20 Å². The van der Waals surface area contributed by atoms with Crippen LogP contribution in [0.15, 0.2) is 30.5 Å². The van der Waals surface area contributed by atoms with E-state index in [0.29, 0.717) is 6.42 Å². The number of hydrogen-bond donors (Lipinski definition) is 4. The Labute approximate surface area is 151 Å². The predicted molar refractivity (Wildman–Crippen MR) is 97.0 cm³/mol. The molecule has 0 aliphatic rings. The van der Waals surface area contributed by atoms with Gasteiger partial charge in [-0.2, -0.15) is 0 Å². The molecule has 26 heavy (non-hydrogen) atoms. The molecule has 0 spiro atoms. The second kappa shape index (κ2) is 8.48. The molecule has 8 heteroatoms. The Kier molecular flexibility index (Phi) is 6.35. The Morgan fingerprint density at radius 1 is 1.27 bits per heavy atom. The van der Waals surface area contributed by atoms with Gasteiger partial charge >= 0.3 is 12.1 Å². The van der Waals surface area contributed by atoms with Gasteiger partial charge < -0.3 is 26.5 Å². The molecule has 0 saturated heterocycles. The summed E-state index contributed by atoms with van der Waals surface area (Å²) in [5, 5.41) is 3.49. The molecule has 0 radical (unpaired) electrons. The number of rotatable bonds is 7. The van der Waals surface area contributed by atoms with Crippen LogP contribution >= 0.6 is 0 Å². The van der Waals surface area contributed by atoms with Crippen molar-refractivity contribution in [2.45, 2.75) is 38.8 Å². The molecule has 2 rings (SSSR count). The number of fused-ring (bicyclic) bond motifs is 1. The van der Waals surface area contributed by atoms with Crippen LogP contribution in [0.2, 0.25) is 0 Å². The van der Waals surface area contributed by atoms with Gasteiger partial charge in [0.05, 0.1) is 6.04 Å². The van der Waals surface area contributed by atoms with E-state index in [4.69, 9.17) is 11.5 Å². The van der Waals surface area contributed by atoms with Crippen LogP contribution < -0.4 is 16.8 Å². The van der Waals surface area contributed by atoms with Gasteiger partial charge in [-0.1, -0.05) is 38.5 Å². The van der Waals surface area contributed by atoms with Crippen LogP contribution in [0.5, 0.6) is 0 Å². The van der Waals surface area contributed by atoms with Crippen molar-refractivity contribution in [1.82, 2.24) is 10.3 Å². The van der Waals surface area contributed by atoms with E-state index in [1.165, 1.54) is 0 Å². The average molecular weight is 360 g/mol. The summed E-state index contributed by atoms with van der Waals surface area (Å²) in [5.74, 6) is -1.46. The Hall–Kier alpha value is -2.87. The number of esters is 1. The molecule has 2 amide bonds. The maximum Gasteiger partial charge on any atom is 0.412 e. The number of benzene rings is 1. The molecule has 8 nitrogen and oxygen atoms in total. The van der Waals surface area contributed by atoms with Crippen LogP contribution in [0, 0.1) is 5.92 Å². The molecule has 6 N–H and O–H groups in total. The van der Waals surface area contributed by atoms with E-state index in [-0.39, 0.29) is 12.3 Å². The molecule has 0 fully saturated rings. The number of H-pyrrole nitrogens is 1. The first-order valence-electron chi connectivity index (χ1n) is 8.45. The van der Waals surface area contributed by atoms with Crippen molar-refractivity contribution in [2.75, 3.05) is 0 Å². The van der Waals surface area contributed by atoms with Crippen molar-refractivity contribution in [2.24, 2.45) is 17.4 Å². The summed E-state index contributed by atoms with van der Waals surface area (Å²) in [4.78, 5) is 38.6. The van der Waals surface area contributed by atoms with Crippen LogP contribution in [0.1, 0.15) is 25.8 Å². The monoisotopic (exact) mass is 360 g/mol. The number of para-hydroxylation sites is 1. The van der Waals surface area contributed by atoms with E-state index in [1.807, 2.05) is 38.1 Å². The van der Waals surface area contributed by atoms with Crippen LogP contribution in [0.3, 0.4) is 0 Å². The summed E-state index contributed by atoms with van der Waals surface area (Å²) in [6.07, 6.45) is 1.37. The minimum Gasteiger partial charge on any atom is -0.375 e. The molecule has 0 unspecified atom stereocenters. The van der Waals surface area contributed by atoms with E-state index in [2.05, 4.69) is 15.0 Å². The van der Waals surface area contributed by atoms with E-state index in [9.17, 15) is 14.4 Å². The van der Waals surface area contributed by atoms with Crippen LogP contribution in [-0.4, -0.2) is 35.0 Å². The van der Waals surface area contributed by atoms with Gasteiger partial charge in [0.2, 0.25) is 5.91 Å². The standard InChI is InChI=1S/C18H24N4O4/c1-3-10(2)15(19)16(23)22-14(17(24)26-18(20)25)8-11-9-21-13-7-5-4-6-12(11)13/h4-7,9-10,14-15,21H,3,8,19H2,1-2H3,(H2,20,25)(H,22,23)/t10-,14-,15-/m0/s1. The summed E-state index contributed by atoms with van der Waals surface area (Å²) in [6, 6.07) is 5.69. The minimum absolute atomic E-state index is 0.0594. The maximum atomic E-state index is 12.4. The Bertz CT molecular complexity index is 801. The largest absolute Gasteiger partial charge is 0.412 e. The molecular weight excluding hydrogens is 336 g/mol. The number of aromatic nitrogens is 1. The molecule has 2 aromatic rings. The zero-order valence-corrected chi connectivity index (χ0v) is 14.8. The summed E-state index contributed by atoms with van der Waals surface area (Å²) in [7, 11) is 0. The second-order valence-electron chi connectivity index (χ2n) is 6.28. The number of ether oxygens (including phenoxy) is 1. The summed E-state index contributed by atoms with van der Waals surface area (Å²) < 4.78 is 4.47. The van der Waals surface area contributed by atoms with Crippen LogP contribution in [0.25, 0.3) is 10.9 Å². The number of nitrogens with two attached hydrogens (primary N) is 2. The molecule has 0 bridgehead atoms. The second-order valence-corrected chi connectivity index (χ2v) is 6.28. The quantitative estimate of drug-likeness (QED) is 0.434. The Morgan fingerprint density at radius 2 is 1.96 bits per heavy atom. The van der Waals surface area contributed by atoms with Gasteiger partial charge in [-0.25, -0.2) is 9.59 Å². The van der Waals surface area contributed by atoms with Gasteiger partial charge in [-0.3, -0.25) is 4.79 Å². The lowest BCUT2D eigenvalue weighted by molar-refractivity contribution is -0.142. The molecule has 0 aliphatic heterocycles. The average Bonchev–Trinajstić information content (AvgIpc) is 3.02. The first-order valence-corrected chi connectivity index (χ1v) is 8.45. The number of aromatic amines is 1. The molecule has 3 atom stereocenters. The fourth-order valence-electron chi connectivity index (χ4n) is 2.66. The summed E-state index contributed by atoms with van der Waals surface area (Å²) >= 11 is 0. The molecule has 0 aliphatic carbocycles. The molecular formula is C18H24N4O4. The number of amides is 2. The van der Waals surface area contributed by atoms with Crippen molar-refractivity contribution < 1.29 is 19.1 Å². The highest BCUT2D eigenvalue weighted by molar-refractivity contribution is 5.92. The SMILES string of the molecule is CC[C@H](C)[C@H](N)C(=O)N[C@@H](Cc1c[nH]c2ccccc12)C(=O)OC(N)=O. The maximum absolute atomic E-state index is 12.4. The molecule has 1 aromatic heterocycles. The van der Waals surface area contributed by atoms with Gasteiger partial charge in [0, 0.05) is 23.5 Å². The number of carbonyl (C=O) groups excluding carboxylic acids is 3. The van der Waals surface area contributed by atoms with Gasteiger partial charge in [-0.15, -0.1) is 0 Å². The van der Waals surface area contributed by atoms with Crippen molar-refractivity contribution in [3.63, 3.8) is 0 Å². The number of nitrogens with one attached hydrogen (secondary N) is 2. The predicted octanol–water partition coefficient (Wildman–Crippen LogP) is 1.19. The van der Waals surface area contributed by atoms with Crippen molar-refractivity contribution in [1.29, 1.82) is 0 Å².